The van der Waals surface area contributed by atoms with Gasteiger partial charge in [-0.25, -0.2) is 18.4 Å². The van der Waals surface area contributed by atoms with E-state index in [-0.39, 0.29) is 29.5 Å². The van der Waals surface area contributed by atoms with Crippen LogP contribution in [0.25, 0.3) is 22.4 Å². The van der Waals surface area contributed by atoms with E-state index in [0.717, 1.165) is 18.7 Å². The van der Waals surface area contributed by atoms with E-state index in [2.05, 4.69) is 32.2 Å². The number of nitrogens with zero attached hydrogens (tertiary/aromatic N) is 6. The number of piperazine rings is 1. The van der Waals surface area contributed by atoms with Crippen LogP contribution in [0.5, 0.6) is 5.88 Å². The lowest BCUT2D eigenvalue weighted by Crippen LogP contribution is -2.48. The zero-order chi connectivity index (χ0) is 26.6. The Morgan fingerprint density at radius 1 is 1.13 bits per heavy atom. The summed E-state index contributed by atoms with van der Waals surface area (Å²) in [7, 11) is -1.93. The molecule has 4 rings (SSSR count). The zero-order valence-electron chi connectivity index (χ0n) is 22.0. The van der Waals surface area contributed by atoms with Gasteiger partial charge in [0, 0.05) is 32.7 Å². The second kappa shape index (κ2) is 12.8. The van der Waals surface area contributed by atoms with Gasteiger partial charge >= 0.3 is 0 Å². The molecule has 2 N–H and O–H groups in total. The lowest BCUT2D eigenvalue weighted by molar-refractivity contribution is 0.196. The summed E-state index contributed by atoms with van der Waals surface area (Å²) in [5.74, 6) is 0.423. The van der Waals surface area contributed by atoms with Crippen LogP contribution in [0.2, 0.25) is 0 Å². The number of nitrogens with one attached hydrogen (secondary N) is 2. The number of ether oxygens (including phenoxy) is 1. The smallest absolute Gasteiger partial charge is 0.279 e. The van der Waals surface area contributed by atoms with Crippen LogP contribution in [-0.4, -0.2) is 95.3 Å². The summed E-state index contributed by atoms with van der Waals surface area (Å²) in [4.78, 5) is 27.2. The van der Waals surface area contributed by atoms with Crippen LogP contribution in [0, 0.1) is 0 Å². The maximum Gasteiger partial charge on any atom is 0.279 e. The number of likely N-dealkylation sites (N-methyl/N-ethyl adjacent to an activating group) is 2. The molecule has 0 aromatic carbocycles. The Morgan fingerprint density at radius 3 is 2.50 bits per heavy atom. The summed E-state index contributed by atoms with van der Waals surface area (Å²) >= 11 is 0. The summed E-state index contributed by atoms with van der Waals surface area (Å²) < 4.78 is 36.1. The lowest BCUT2D eigenvalue weighted by atomic mass is 10.2. The standard InChI is InChI=1S/C24H36N8O4S.CH4/c1-5-14-36-24-18(15-17(16-26-24)37(34,35)31-12-10-30(7-3)11-13-31)22-27-20-19(6-2)32(9-8-25-4)29-21(20)23(33)28-22;/h15-16,25H,5-14H2,1-4H3,(H,27,28,33);1H4. The van der Waals surface area contributed by atoms with E-state index in [0.29, 0.717) is 63.4 Å². The second-order valence-electron chi connectivity index (χ2n) is 8.95. The fourth-order valence-corrected chi connectivity index (χ4v) is 5.83. The molecule has 0 unspecified atom stereocenters. The number of fused-ring (bicyclic) bond motifs is 1. The average Bonchev–Trinajstić information content (AvgIpc) is 3.28. The maximum atomic E-state index is 13.5. The highest BCUT2D eigenvalue weighted by Gasteiger charge is 2.30. The number of sulfonamides is 1. The molecule has 38 heavy (non-hydrogen) atoms. The van der Waals surface area contributed by atoms with Crippen LogP contribution in [0.3, 0.4) is 0 Å². The van der Waals surface area contributed by atoms with Crippen molar-refractivity contribution in [3.63, 3.8) is 0 Å². The number of H-pyrrole nitrogens is 1. The molecule has 0 radical (unpaired) electrons. The van der Waals surface area contributed by atoms with Crippen LogP contribution in [0.4, 0.5) is 0 Å². The third-order valence-electron chi connectivity index (χ3n) is 6.55. The van der Waals surface area contributed by atoms with Crippen LogP contribution < -0.4 is 15.6 Å². The van der Waals surface area contributed by atoms with Crippen molar-refractivity contribution in [1.82, 2.24) is 39.3 Å². The van der Waals surface area contributed by atoms with Gasteiger partial charge in [0.1, 0.15) is 16.2 Å². The third-order valence-corrected chi connectivity index (χ3v) is 8.41. The first-order valence-corrected chi connectivity index (χ1v) is 14.3. The summed E-state index contributed by atoms with van der Waals surface area (Å²) in [6, 6.07) is 1.50. The monoisotopic (exact) mass is 548 g/mol. The van der Waals surface area contributed by atoms with Crippen molar-refractivity contribution >= 4 is 21.1 Å². The van der Waals surface area contributed by atoms with Crippen LogP contribution in [0.15, 0.2) is 22.0 Å². The SMILES string of the molecule is C.CCCOc1ncc(S(=O)(=O)N2CCN(CC)CC2)cc1-c1nc2c(CC)n(CCNC)nc2c(=O)[nH]1. The van der Waals surface area contributed by atoms with Gasteiger partial charge in [-0.15, -0.1) is 0 Å². The molecular formula is C25H40N8O4S. The minimum absolute atomic E-state index is 0. The van der Waals surface area contributed by atoms with Crippen molar-refractivity contribution in [1.29, 1.82) is 0 Å². The first kappa shape index (κ1) is 29.7. The molecule has 13 heteroatoms. The highest BCUT2D eigenvalue weighted by atomic mass is 32.2. The molecule has 0 aliphatic carbocycles. The first-order chi connectivity index (χ1) is 17.8. The fraction of sp³-hybridized carbons (Fsp3) is 0.600. The van der Waals surface area contributed by atoms with E-state index in [1.54, 1.807) is 4.68 Å². The van der Waals surface area contributed by atoms with E-state index in [4.69, 9.17) is 9.72 Å². The van der Waals surface area contributed by atoms with Crippen LogP contribution >= 0.6 is 0 Å². The summed E-state index contributed by atoms with van der Waals surface area (Å²) in [6.45, 7) is 10.7. The molecule has 0 atom stereocenters. The Kier molecular flexibility index (Phi) is 9.99. The summed E-state index contributed by atoms with van der Waals surface area (Å²) in [5, 5.41) is 7.56. The highest BCUT2D eigenvalue weighted by Crippen LogP contribution is 2.30. The molecule has 1 fully saturated rings. The minimum Gasteiger partial charge on any atom is -0.477 e. The Bertz CT molecular complexity index is 1390. The van der Waals surface area contributed by atoms with Gasteiger partial charge in [0.25, 0.3) is 5.56 Å². The van der Waals surface area contributed by atoms with E-state index >= 15 is 0 Å². The predicted molar refractivity (Wildman–Crippen MR) is 148 cm³/mol. The summed E-state index contributed by atoms with van der Waals surface area (Å²) in [6.07, 6.45) is 2.69. The van der Waals surface area contributed by atoms with E-state index in [1.165, 1.54) is 16.6 Å². The zero-order valence-corrected chi connectivity index (χ0v) is 22.8. The molecule has 210 valence electrons. The molecule has 3 aromatic heterocycles. The molecule has 1 aliphatic heterocycles. The molecule has 1 aliphatic rings. The molecule has 0 saturated carbocycles. The van der Waals surface area contributed by atoms with Crippen molar-refractivity contribution in [2.24, 2.45) is 0 Å². The molecule has 0 bridgehead atoms. The fourth-order valence-electron chi connectivity index (χ4n) is 4.44. The minimum atomic E-state index is -3.79. The molecule has 0 amide bonds. The number of rotatable bonds is 11. The quantitative estimate of drug-likeness (QED) is 0.367. The molecule has 3 aromatic rings. The van der Waals surface area contributed by atoms with Crippen molar-refractivity contribution < 1.29 is 13.2 Å². The van der Waals surface area contributed by atoms with Gasteiger partial charge in [0.2, 0.25) is 15.9 Å². The highest BCUT2D eigenvalue weighted by molar-refractivity contribution is 7.89. The van der Waals surface area contributed by atoms with Gasteiger partial charge in [-0.2, -0.15) is 9.40 Å². The first-order valence-electron chi connectivity index (χ1n) is 12.8. The number of hydrogen-bond acceptors (Lipinski definition) is 9. The molecule has 12 nitrogen and oxygen atoms in total. The van der Waals surface area contributed by atoms with Crippen molar-refractivity contribution in [3.8, 4) is 17.3 Å². The van der Waals surface area contributed by atoms with Crippen molar-refractivity contribution in [2.45, 2.75) is 52.5 Å². The lowest BCUT2D eigenvalue weighted by Gasteiger charge is -2.33. The van der Waals surface area contributed by atoms with E-state index < -0.39 is 15.6 Å². The molecule has 4 heterocycles. The number of hydrogen-bond donors (Lipinski definition) is 2. The third kappa shape index (κ3) is 5.90. The number of pyridine rings is 1. The van der Waals surface area contributed by atoms with Gasteiger partial charge in [-0.3, -0.25) is 9.48 Å². The van der Waals surface area contributed by atoms with Crippen molar-refractivity contribution in [3.05, 3.63) is 28.3 Å². The molecule has 1 saturated heterocycles. The predicted octanol–water partition coefficient (Wildman–Crippen LogP) is 1.71. The van der Waals surface area contributed by atoms with E-state index in [9.17, 15) is 13.2 Å². The number of aromatic nitrogens is 5. The summed E-state index contributed by atoms with van der Waals surface area (Å²) in [5.41, 5.74) is 1.49. The average molecular weight is 549 g/mol. The Labute approximate surface area is 224 Å². The maximum absolute atomic E-state index is 13.5. The topological polar surface area (TPSA) is 138 Å². The second-order valence-corrected chi connectivity index (χ2v) is 10.9. The van der Waals surface area contributed by atoms with E-state index in [1.807, 2.05) is 20.9 Å². The number of aromatic amines is 1. The van der Waals surface area contributed by atoms with Gasteiger partial charge in [-0.1, -0.05) is 28.2 Å². The van der Waals surface area contributed by atoms with Gasteiger partial charge in [0.05, 0.1) is 30.6 Å². The Morgan fingerprint density at radius 2 is 1.87 bits per heavy atom. The Balaban J connectivity index is 0.00000400. The van der Waals surface area contributed by atoms with Gasteiger partial charge in [-0.05, 0) is 32.5 Å². The largest absolute Gasteiger partial charge is 0.477 e. The number of aryl methyl sites for hydroxylation is 1. The van der Waals surface area contributed by atoms with Gasteiger partial charge in [0.15, 0.2) is 5.52 Å². The normalized spacial score (nSPS) is 15.1. The molecule has 0 spiro atoms. The van der Waals surface area contributed by atoms with Crippen LogP contribution in [0.1, 0.15) is 40.3 Å². The Hall–Kier alpha value is -2.87. The molecular weight excluding hydrogens is 508 g/mol. The van der Waals surface area contributed by atoms with Crippen molar-refractivity contribution in [2.75, 3.05) is 52.9 Å². The van der Waals surface area contributed by atoms with Crippen LogP contribution in [-0.2, 0) is 23.0 Å². The van der Waals surface area contributed by atoms with Gasteiger partial charge < -0.3 is 19.9 Å².